The Balaban J connectivity index is 1.63. The highest BCUT2D eigenvalue weighted by atomic mass is 16.1. The van der Waals surface area contributed by atoms with E-state index in [1.54, 1.807) is 0 Å². The highest BCUT2D eigenvalue weighted by molar-refractivity contribution is 5.94. The van der Waals surface area contributed by atoms with Crippen LogP contribution in [0, 0.1) is 6.92 Å². The number of carbonyl (C=O) groups is 1. The molecule has 138 valence electrons. The SMILES string of the molecule is Cc1cccc(C(=O)NCc2cn(-c3ccccc3)nc2-c2ccccc2)c1. The van der Waals surface area contributed by atoms with Crippen LogP contribution in [0.25, 0.3) is 16.9 Å². The molecular formula is C24H21N3O. The largest absolute Gasteiger partial charge is 0.348 e. The molecular weight excluding hydrogens is 346 g/mol. The van der Waals surface area contributed by atoms with Gasteiger partial charge in [0, 0.05) is 29.4 Å². The summed E-state index contributed by atoms with van der Waals surface area (Å²) in [6.45, 7) is 2.39. The Morgan fingerprint density at radius 3 is 2.36 bits per heavy atom. The minimum Gasteiger partial charge on any atom is -0.348 e. The average Bonchev–Trinajstić information content (AvgIpc) is 3.17. The van der Waals surface area contributed by atoms with Crippen LogP contribution in [0.1, 0.15) is 21.5 Å². The molecule has 0 aliphatic heterocycles. The smallest absolute Gasteiger partial charge is 0.251 e. The van der Waals surface area contributed by atoms with Gasteiger partial charge < -0.3 is 5.32 Å². The van der Waals surface area contributed by atoms with E-state index in [2.05, 4.69) is 5.32 Å². The Hall–Kier alpha value is -3.66. The van der Waals surface area contributed by atoms with E-state index in [4.69, 9.17) is 5.10 Å². The zero-order chi connectivity index (χ0) is 19.3. The molecule has 0 unspecified atom stereocenters. The zero-order valence-electron chi connectivity index (χ0n) is 15.7. The van der Waals surface area contributed by atoms with Crippen LogP contribution in [0.5, 0.6) is 0 Å². The number of nitrogens with zero attached hydrogens (tertiary/aromatic N) is 2. The van der Waals surface area contributed by atoms with Gasteiger partial charge in [0.15, 0.2) is 0 Å². The van der Waals surface area contributed by atoms with Gasteiger partial charge in [0.05, 0.1) is 11.4 Å². The predicted octanol–water partition coefficient (Wildman–Crippen LogP) is 4.78. The van der Waals surface area contributed by atoms with E-state index in [1.807, 2.05) is 103 Å². The molecule has 1 N–H and O–H groups in total. The molecule has 0 bridgehead atoms. The number of aryl methyl sites for hydroxylation is 1. The van der Waals surface area contributed by atoms with Crippen LogP contribution in [0.3, 0.4) is 0 Å². The van der Waals surface area contributed by atoms with Crippen LogP contribution in [0.2, 0.25) is 0 Å². The molecule has 4 nitrogen and oxygen atoms in total. The minimum atomic E-state index is -0.0878. The lowest BCUT2D eigenvalue weighted by atomic mass is 10.1. The molecule has 0 saturated heterocycles. The number of hydrogen-bond donors (Lipinski definition) is 1. The van der Waals surface area contributed by atoms with Crippen LogP contribution in [-0.4, -0.2) is 15.7 Å². The first-order valence-corrected chi connectivity index (χ1v) is 9.25. The normalized spacial score (nSPS) is 10.6. The molecule has 4 heteroatoms. The first-order valence-electron chi connectivity index (χ1n) is 9.25. The molecule has 3 aromatic carbocycles. The molecule has 0 radical (unpaired) electrons. The molecule has 0 aliphatic carbocycles. The van der Waals surface area contributed by atoms with Gasteiger partial charge in [-0.2, -0.15) is 5.10 Å². The van der Waals surface area contributed by atoms with E-state index in [9.17, 15) is 4.79 Å². The summed E-state index contributed by atoms with van der Waals surface area (Å²) < 4.78 is 1.86. The van der Waals surface area contributed by atoms with E-state index in [0.717, 1.165) is 28.1 Å². The third kappa shape index (κ3) is 3.86. The quantitative estimate of drug-likeness (QED) is 0.552. The fourth-order valence-electron chi connectivity index (χ4n) is 3.15. The number of amides is 1. The molecule has 0 spiro atoms. The lowest BCUT2D eigenvalue weighted by Crippen LogP contribution is -2.22. The molecule has 1 amide bonds. The van der Waals surface area contributed by atoms with Crippen molar-refractivity contribution in [2.24, 2.45) is 0 Å². The van der Waals surface area contributed by atoms with Crippen molar-refractivity contribution in [1.29, 1.82) is 0 Å². The maximum atomic E-state index is 12.6. The van der Waals surface area contributed by atoms with Crippen LogP contribution in [0.15, 0.2) is 91.1 Å². The number of aromatic nitrogens is 2. The summed E-state index contributed by atoms with van der Waals surface area (Å²) in [6.07, 6.45) is 1.98. The van der Waals surface area contributed by atoms with Gasteiger partial charge in [0.1, 0.15) is 0 Å². The van der Waals surface area contributed by atoms with E-state index >= 15 is 0 Å². The second kappa shape index (κ2) is 7.92. The number of hydrogen-bond acceptors (Lipinski definition) is 2. The topological polar surface area (TPSA) is 46.9 Å². The summed E-state index contributed by atoms with van der Waals surface area (Å²) in [5.41, 5.74) is 5.57. The van der Waals surface area contributed by atoms with E-state index < -0.39 is 0 Å². The molecule has 1 aromatic heterocycles. The number of benzene rings is 3. The highest BCUT2D eigenvalue weighted by Crippen LogP contribution is 2.23. The highest BCUT2D eigenvalue weighted by Gasteiger charge is 2.14. The summed E-state index contributed by atoms with van der Waals surface area (Å²) in [6, 6.07) is 27.6. The number of para-hydroxylation sites is 1. The maximum absolute atomic E-state index is 12.6. The third-order valence-corrected chi connectivity index (χ3v) is 4.58. The number of nitrogens with one attached hydrogen (secondary N) is 1. The Morgan fingerprint density at radius 1 is 0.929 bits per heavy atom. The predicted molar refractivity (Wildman–Crippen MR) is 111 cm³/mol. The molecule has 1 heterocycles. The minimum absolute atomic E-state index is 0.0878. The Morgan fingerprint density at radius 2 is 1.64 bits per heavy atom. The van der Waals surface area contributed by atoms with Crippen molar-refractivity contribution >= 4 is 5.91 Å². The second-order valence-electron chi connectivity index (χ2n) is 6.70. The first-order chi connectivity index (χ1) is 13.7. The molecule has 4 rings (SSSR count). The van der Waals surface area contributed by atoms with Gasteiger partial charge in [0.25, 0.3) is 5.91 Å². The summed E-state index contributed by atoms with van der Waals surface area (Å²) in [7, 11) is 0. The Bertz CT molecular complexity index is 1090. The van der Waals surface area contributed by atoms with Crippen molar-refractivity contribution in [3.8, 4) is 16.9 Å². The molecule has 0 fully saturated rings. The summed E-state index contributed by atoms with van der Waals surface area (Å²) in [4.78, 5) is 12.6. The van der Waals surface area contributed by atoms with Crippen LogP contribution >= 0.6 is 0 Å². The van der Waals surface area contributed by atoms with Gasteiger partial charge >= 0.3 is 0 Å². The molecule has 0 atom stereocenters. The van der Waals surface area contributed by atoms with Crippen LogP contribution in [-0.2, 0) is 6.54 Å². The standard InChI is InChI=1S/C24H21N3O/c1-18-9-8-12-20(15-18)24(28)25-16-21-17-27(22-13-6-3-7-14-22)26-23(21)19-10-4-2-5-11-19/h2-15,17H,16H2,1H3,(H,25,28). The van der Waals surface area contributed by atoms with Gasteiger partial charge in [-0.1, -0.05) is 66.2 Å². The third-order valence-electron chi connectivity index (χ3n) is 4.58. The molecule has 0 saturated carbocycles. The first kappa shape index (κ1) is 17.7. The maximum Gasteiger partial charge on any atom is 0.251 e. The van der Waals surface area contributed by atoms with Gasteiger partial charge in [0.2, 0.25) is 0 Å². The summed E-state index contributed by atoms with van der Waals surface area (Å²) in [5.74, 6) is -0.0878. The van der Waals surface area contributed by atoms with Gasteiger partial charge in [-0.3, -0.25) is 4.79 Å². The Labute approximate surface area is 164 Å². The number of carbonyl (C=O) groups excluding carboxylic acids is 1. The molecule has 4 aromatic rings. The average molecular weight is 367 g/mol. The van der Waals surface area contributed by atoms with Crippen molar-refractivity contribution in [2.75, 3.05) is 0 Å². The fourth-order valence-corrected chi connectivity index (χ4v) is 3.15. The van der Waals surface area contributed by atoms with Crippen molar-refractivity contribution < 1.29 is 4.79 Å². The molecule has 0 aliphatic rings. The monoisotopic (exact) mass is 367 g/mol. The van der Waals surface area contributed by atoms with E-state index in [0.29, 0.717) is 12.1 Å². The van der Waals surface area contributed by atoms with E-state index in [-0.39, 0.29) is 5.91 Å². The van der Waals surface area contributed by atoms with Crippen LogP contribution < -0.4 is 5.32 Å². The van der Waals surface area contributed by atoms with Crippen molar-refractivity contribution in [1.82, 2.24) is 15.1 Å². The Kier molecular flexibility index (Phi) is 5.02. The fraction of sp³-hybridized carbons (Fsp3) is 0.0833. The molecule has 28 heavy (non-hydrogen) atoms. The lowest BCUT2D eigenvalue weighted by Gasteiger charge is -2.06. The zero-order valence-corrected chi connectivity index (χ0v) is 15.7. The number of rotatable bonds is 5. The van der Waals surface area contributed by atoms with Crippen LogP contribution in [0.4, 0.5) is 0 Å². The summed E-state index contributed by atoms with van der Waals surface area (Å²) in [5, 5.41) is 7.81. The lowest BCUT2D eigenvalue weighted by molar-refractivity contribution is 0.0951. The van der Waals surface area contributed by atoms with Gasteiger partial charge in [-0.15, -0.1) is 0 Å². The van der Waals surface area contributed by atoms with Crippen molar-refractivity contribution in [3.05, 3.63) is 108 Å². The van der Waals surface area contributed by atoms with Crippen molar-refractivity contribution in [3.63, 3.8) is 0 Å². The summed E-state index contributed by atoms with van der Waals surface area (Å²) >= 11 is 0. The van der Waals surface area contributed by atoms with Gasteiger partial charge in [-0.25, -0.2) is 4.68 Å². The van der Waals surface area contributed by atoms with Crippen molar-refractivity contribution in [2.45, 2.75) is 13.5 Å². The second-order valence-corrected chi connectivity index (χ2v) is 6.70. The van der Waals surface area contributed by atoms with E-state index in [1.165, 1.54) is 0 Å². The van der Waals surface area contributed by atoms with Gasteiger partial charge in [-0.05, 0) is 31.2 Å².